The van der Waals surface area contributed by atoms with Crippen LogP contribution in [0.3, 0.4) is 0 Å². The minimum atomic E-state index is 0.911. The molecule has 1 aromatic carbocycles. The van der Waals surface area contributed by atoms with Crippen molar-refractivity contribution in [3.63, 3.8) is 0 Å². The van der Waals surface area contributed by atoms with Crippen LogP contribution in [0.15, 0.2) is 49.1 Å². The molecule has 2 heterocycles. The van der Waals surface area contributed by atoms with E-state index < -0.39 is 0 Å². The summed E-state index contributed by atoms with van der Waals surface area (Å²) < 4.78 is 0. The van der Waals surface area contributed by atoms with E-state index >= 15 is 0 Å². The molecule has 1 aromatic rings. The molecule has 0 aromatic heterocycles. The van der Waals surface area contributed by atoms with Gasteiger partial charge in [-0.3, -0.25) is 0 Å². The standard InChI is InChI=1S/C16H20N4.2BrH.Cu/c1-17-6-8-19(13-17)11-15-4-3-5-16(10-15)12-20-9-7-18(2)14-20;;;/h3-10,13-14H,11-12H2,1-2H3;2*1H;/q-2;;;+2/p-2. The molecule has 3 rings (SSSR count). The van der Waals surface area contributed by atoms with Gasteiger partial charge in [0, 0.05) is 13.1 Å². The van der Waals surface area contributed by atoms with Gasteiger partial charge in [-0.2, -0.15) is 13.3 Å². The molecular weight excluding hydrogens is 472 g/mol. The summed E-state index contributed by atoms with van der Waals surface area (Å²) in [6.45, 7) is 6.01. The van der Waals surface area contributed by atoms with Crippen molar-refractivity contribution in [3.8, 4) is 0 Å². The summed E-state index contributed by atoms with van der Waals surface area (Å²) in [5, 5.41) is 0. The molecule has 2 aliphatic rings. The van der Waals surface area contributed by atoms with Gasteiger partial charge in [-0.15, -0.1) is 0 Å². The molecule has 4 nitrogen and oxygen atoms in total. The van der Waals surface area contributed by atoms with Crippen molar-refractivity contribution in [2.75, 3.05) is 14.1 Å². The van der Waals surface area contributed by atoms with Gasteiger partial charge >= 0.3 is 39.6 Å². The van der Waals surface area contributed by atoms with Gasteiger partial charge in [0.2, 0.25) is 0 Å². The Morgan fingerprint density at radius 1 is 0.870 bits per heavy atom. The Morgan fingerprint density at radius 3 is 1.65 bits per heavy atom. The van der Waals surface area contributed by atoms with E-state index in [0.717, 1.165) is 13.1 Å². The zero-order valence-corrected chi connectivity index (χ0v) is 17.1. The molecule has 0 radical (unpaired) electrons. The van der Waals surface area contributed by atoms with Crippen LogP contribution in [0.1, 0.15) is 11.1 Å². The molecule has 131 valence electrons. The van der Waals surface area contributed by atoms with Gasteiger partial charge in [-0.1, -0.05) is 24.3 Å². The van der Waals surface area contributed by atoms with Crippen LogP contribution in [-0.4, -0.2) is 33.7 Å². The van der Waals surface area contributed by atoms with Crippen molar-refractivity contribution in [2.24, 2.45) is 0 Å². The predicted octanol–water partition coefficient (Wildman–Crippen LogP) is 4.05. The van der Waals surface area contributed by atoms with Crippen LogP contribution in [0.4, 0.5) is 0 Å². The quantitative estimate of drug-likeness (QED) is 0.465. The number of benzene rings is 1. The summed E-state index contributed by atoms with van der Waals surface area (Å²) >= 11 is 7.38. The van der Waals surface area contributed by atoms with Crippen molar-refractivity contribution in [1.29, 1.82) is 0 Å². The first-order valence-corrected chi connectivity index (χ1v) is 11.7. The molecular formula is C16H20Br2CuN4-2. The van der Waals surface area contributed by atoms with Gasteiger partial charge in [0.25, 0.3) is 0 Å². The van der Waals surface area contributed by atoms with Crippen LogP contribution in [0.25, 0.3) is 0 Å². The Labute approximate surface area is 159 Å². The molecule has 0 N–H and O–H groups in total. The van der Waals surface area contributed by atoms with Gasteiger partial charge in [-0.05, 0) is 50.0 Å². The molecule has 0 amide bonds. The first kappa shape index (κ1) is 18.7. The second-order valence-electron chi connectivity index (χ2n) is 5.37. The maximum absolute atomic E-state index is 2.97. The number of rotatable bonds is 4. The molecule has 23 heavy (non-hydrogen) atoms. The van der Waals surface area contributed by atoms with E-state index in [2.05, 4.69) is 110 Å². The summed E-state index contributed by atoms with van der Waals surface area (Å²) in [4.78, 5) is 8.50. The zero-order chi connectivity index (χ0) is 16.7. The topological polar surface area (TPSA) is 13.0 Å². The van der Waals surface area contributed by atoms with Crippen molar-refractivity contribution in [2.45, 2.75) is 13.1 Å². The Bertz CT molecular complexity index is 509. The fraction of sp³-hybridized carbons (Fsp3) is 0.250. The first-order chi connectivity index (χ1) is 11.1. The number of hydrogen-bond donors (Lipinski definition) is 0. The molecule has 0 fully saturated rings. The summed E-state index contributed by atoms with van der Waals surface area (Å²) in [5.74, 6) is 0. The number of nitrogens with zero attached hydrogens (tertiary/aromatic N) is 4. The average Bonchev–Trinajstić information content (AvgIpc) is 3.09. The predicted molar refractivity (Wildman–Crippen MR) is 97.8 cm³/mol. The van der Waals surface area contributed by atoms with E-state index in [9.17, 15) is 0 Å². The summed E-state index contributed by atoms with van der Waals surface area (Å²) in [6, 6.07) is 8.77. The minimum absolute atomic E-state index is 0.911. The molecule has 0 aliphatic carbocycles. The van der Waals surface area contributed by atoms with Crippen LogP contribution >= 0.6 is 28.2 Å². The Hall–Kier alpha value is -0.621. The molecule has 0 bridgehead atoms. The molecule has 2 aliphatic heterocycles. The van der Waals surface area contributed by atoms with Crippen LogP contribution in [0.2, 0.25) is 0 Å². The van der Waals surface area contributed by atoms with Crippen molar-refractivity contribution < 1.29 is 11.3 Å². The van der Waals surface area contributed by atoms with Crippen LogP contribution in [0, 0.1) is 13.3 Å². The maximum atomic E-state index is 2.97. The fourth-order valence-electron chi connectivity index (χ4n) is 2.44. The second kappa shape index (κ2) is 9.62. The summed E-state index contributed by atoms with van der Waals surface area (Å²) in [5.41, 5.74) is 2.66. The average molecular weight is 492 g/mol. The third kappa shape index (κ3) is 6.41. The van der Waals surface area contributed by atoms with Gasteiger partial charge in [0.1, 0.15) is 0 Å². The van der Waals surface area contributed by atoms with Crippen LogP contribution in [-0.2, 0) is 24.4 Å². The zero-order valence-electron chi connectivity index (χ0n) is 13.0. The summed E-state index contributed by atoms with van der Waals surface area (Å²) in [6.07, 6.45) is 8.31. The third-order valence-corrected chi connectivity index (χ3v) is 3.37. The SMILES string of the molecule is CN1C=CN(Cc2cccc(CN3C=CN(C)[CH-]3)c2)[CH-]1.[Br][Cu][Br]. The first-order valence-electron chi connectivity index (χ1n) is 7.02. The van der Waals surface area contributed by atoms with E-state index in [1.807, 2.05) is 14.1 Å². The van der Waals surface area contributed by atoms with E-state index in [-0.39, 0.29) is 0 Å². The normalized spacial score (nSPS) is 16.3. The molecule has 0 spiro atoms. The molecule has 0 saturated heterocycles. The van der Waals surface area contributed by atoms with E-state index in [1.54, 1.807) is 0 Å². The molecule has 0 unspecified atom stereocenters. The van der Waals surface area contributed by atoms with Crippen molar-refractivity contribution in [1.82, 2.24) is 19.6 Å². The van der Waals surface area contributed by atoms with Crippen LogP contribution in [0.5, 0.6) is 0 Å². The second-order valence-corrected chi connectivity index (χ2v) is 10.1. The van der Waals surface area contributed by atoms with Crippen molar-refractivity contribution in [3.05, 3.63) is 73.5 Å². The molecule has 0 atom stereocenters. The Morgan fingerprint density at radius 2 is 1.30 bits per heavy atom. The summed E-state index contributed by atoms with van der Waals surface area (Å²) in [7, 11) is 4.08. The Balaban J connectivity index is 0.000000595. The van der Waals surface area contributed by atoms with Crippen molar-refractivity contribution >= 4 is 28.2 Å². The van der Waals surface area contributed by atoms with E-state index in [0.29, 0.717) is 0 Å². The van der Waals surface area contributed by atoms with E-state index in [1.165, 1.54) is 22.5 Å². The van der Waals surface area contributed by atoms with E-state index in [4.69, 9.17) is 0 Å². The van der Waals surface area contributed by atoms with Gasteiger partial charge in [0.05, 0.1) is 0 Å². The van der Waals surface area contributed by atoms with Gasteiger partial charge < -0.3 is 19.6 Å². The number of halogens is 2. The van der Waals surface area contributed by atoms with Crippen LogP contribution < -0.4 is 0 Å². The fourth-order valence-corrected chi connectivity index (χ4v) is 2.44. The Kier molecular flexibility index (Phi) is 7.83. The van der Waals surface area contributed by atoms with Gasteiger partial charge in [-0.25, -0.2) is 0 Å². The molecule has 0 saturated carbocycles. The third-order valence-electron chi connectivity index (χ3n) is 3.37. The molecule has 7 heteroatoms. The monoisotopic (exact) mass is 489 g/mol. The van der Waals surface area contributed by atoms with Gasteiger partial charge in [0.15, 0.2) is 0 Å². The number of hydrogen-bond acceptors (Lipinski definition) is 4.